The van der Waals surface area contributed by atoms with Crippen LogP contribution in [0.1, 0.15) is 316 Å². The Bertz CT molecular complexity index is 4400. The van der Waals surface area contributed by atoms with Crippen molar-refractivity contribution in [1.29, 1.82) is 0 Å². The second-order valence-corrected chi connectivity index (χ2v) is 41.5. The lowest BCUT2D eigenvalue weighted by atomic mass is 9.82. The van der Waals surface area contributed by atoms with Crippen molar-refractivity contribution in [3.05, 3.63) is 122 Å². The highest BCUT2D eigenvalue weighted by Crippen LogP contribution is 2.36. The predicted octanol–water partition coefficient (Wildman–Crippen LogP) is 20.9. The fraction of sp³-hybridized carbons (Fsp3) is 0.750. The first kappa shape index (κ1) is 114. The maximum atomic E-state index is 11.9. The van der Waals surface area contributed by atoms with E-state index in [2.05, 4.69) is 270 Å². The smallest absolute Gasteiger partial charge is 0.204 e. The van der Waals surface area contributed by atoms with E-state index in [0.717, 1.165) is 230 Å². The van der Waals surface area contributed by atoms with E-state index in [-0.39, 0.29) is 65.1 Å². The van der Waals surface area contributed by atoms with Gasteiger partial charge in [0.05, 0.1) is 34.1 Å². The van der Waals surface area contributed by atoms with Gasteiger partial charge in [-0.2, -0.15) is 0 Å². The van der Waals surface area contributed by atoms with Gasteiger partial charge >= 0.3 is 0 Å². The highest BCUT2D eigenvalue weighted by atomic mass is 32.1. The number of hydrogen-bond donors (Lipinski definition) is 6. The SMILES string of the molecule is CCCN(C)CCCCNc1c(C(C)(C)C)c(=O)c1=S.CCCN(CC)CCCCNc1c(C(C)(C)C)c(=O)c1=S.CCCN(CCC)CCCCNc1c(C(C)(C)C)c(=O)c1=S.CCN(C)CCCCNc1c(C(C)(C)C)c(=O)c1=S.CCN(CC)CCCCNc1c(C(C)(C)C)c(=O)c1=S.CN(C)CCCCNc1c(C(C)(C)C)c(=O)c1=S. The summed E-state index contributed by atoms with van der Waals surface area (Å²) in [6, 6.07) is 0. The largest absolute Gasteiger partial charge is 0.383 e. The van der Waals surface area contributed by atoms with E-state index < -0.39 is 0 Å². The van der Waals surface area contributed by atoms with Crippen molar-refractivity contribution in [3.8, 4) is 0 Å². The summed E-state index contributed by atoms with van der Waals surface area (Å²) in [5, 5.41) is 20.2. The molecule has 6 aromatic rings. The van der Waals surface area contributed by atoms with Gasteiger partial charge in [-0.3, -0.25) is 28.8 Å². The lowest BCUT2D eigenvalue weighted by molar-refractivity contribution is 0.270. The van der Waals surface area contributed by atoms with Gasteiger partial charge in [-0.15, -0.1) is 0 Å². The molecule has 0 heterocycles. The van der Waals surface area contributed by atoms with Gasteiger partial charge in [0.25, 0.3) is 0 Å². The van der Waals surface area contributed by atoms with Crippen LogP contribution in [0.5, 0.6) is 0 Å². The molecular formula is C96H168N12O6S6. The third-order valence-electron chi connectivity index (χ3n) is 21.5. The minimum absolute atomic E-state index is 0.0493. The van der Waals surface area contributed by atoms with E-state index in [1.54, 1.807) is 0 Å². The number of unbranched alkanes of at least 4 members (excludes halogenated alkanes) is 6. The average molecular weight is 1780 g/mol. The van der Waals surface area contributed by atoms with Crippen LogP contribution in [0.4, 0.5) is 34.1 Å². The van der Waals surface area contributed by atoms with E-state index in [0.29, 0.717) is 27.1 Å². The molecule has 6 N–H and O–H groups in total. The van der Waals surface area contributed by atoms with Crippen molar-refractivity contribution in [2.75, 3.05) is 191 Å². The first-order valence-electron chi connectivity index (χ1n) is 45.4. The van der Waals surface area contributed by atoms with Gasteiger partial charge in [0.15, 0.2) is 0 Å². The molecule has 0 spiro atoms. The van der Waals surface area contributed by atoms with Crippen molar-refractivity contribution < 1.29 is 0 Å². The number of nitrogens with one attached hydrogen (secondary N) is 6. The first-order chi connectivity index (χ1) is 55.8. The van der Waals surface area contributed by atoms with Crippen molar-refractivity contribution in [2.24, 2.45) is 0 Å². The summed E-state index contributed by atoms with van der Waals surface area (Å²) in [5.41, 5.74) is 10.3. The van der Waals surface area contributed by atoms with E-state index in [1.165, 1.54) is 71.0 Å². The molecule has 6 rings (SSSR count). The average Bonchev–Trinajstić information content (AvgIpc) is 0.794. The summed E-state index contributed by atoms with van der Waals surface area (Å²) >= 11 is 30.9. The van der Waals surface area contributed by atoms with Gasteiger partial charge in [-0.1, -0.05) is 253 Å². The molecular weight excluding hydrogens is 1610 g/mol. The molecule has 0 aromatic heterocycles. The number of anilines is 6. The topological polar surface area (TPSA) is 194 Å². The highest BCUT2D eigenvalue weighted by Gasteiger charge is 2.33. The summed E-state index contributed by atoms with van der Waals surface area (Å²) < 4.78 is 2.91. The Morgan fingerprint density at radius 3 is 0.617 bits per heavy atom. The van der Waals surface area contributed by atoms with E-state index >= 15 is 0 Å². The zero-order valence-corrected chi connectivity index (χ0v) is 85.9. The van der Waals surface area contributed by atoms with Crippen molar-refractivity contribution >= 4 is 107 Å². The Morgan fingerprint density at radius 2 is 0.417 bits per heavy atom. The van der Waals surface area contributed by atoms with E-state index in [4.69, 9.17) is 73.3 Å². The van der Waals surface area contributed by atoms with Crippen LogP contribution in [0.15, 0.2) is 28.8 Å². The van der Waals surface area contributed by atoms with Crippen LogP contribution < -0.4 is 64.5 Å². The van der Waals surface area contributed by atoms with Crippen LogP contribution in [0.2, 0.25) is 0 Å². The van der Waals surface area contributed by atoms with Crippen LogP contribution in [0, 0.1) is 27.1 Å². The van der Waals surface area contributed by atoms with Crippen LogP contribution >= 0.6 is 73.3 Å². The Balaban J connectivity index is 0.000000721. The molecule has 0 aliphatic rings. The normalized spacial score (nSPS) is 12.3. The molecule has 0 aliphatic carbocycles. The van der Waals surface area contributed by atoms with Crippen molar-refractivity contribution in [3.63, 3.8) is 0 Å². The summed E-state index contributed by atoms with van der Waals surface area (Å²) in [5.74, 6) is 0. The molecule has 0 amide bonds. The summed E-state index contributed by atoms with van der Waals surface area (Å²) in [4.78, 5) is 85.2. The number of rotatable bonds is 48. The predicted molar refractivity (Wildman–Crippen MR) is 541 cm³/mol. The Kier molecular flexibility index (Phi) is 52.3. The maximum Gasteiger partial charge on any atom is 0.204 e. The van der Waals surface area contributed by atoms with Crippen LogP contribution in [0.25, 0.3) is 0 Å². The van der Waals surface area contributed by atoms with Gasteiger partial charge < -0.3 is 61.3 Å². The van der Waals surface area contributed by atoms with Crippen LogP contribution in [0.3, 0.4) is 0 Å². The Labute approximate surface area is 759 Å². The third kappa shape index (κ3) is 37.6. The molecule has 0 bridgehead atoms. The maximum absolute atomic E-state index is 11.9. The first-order valence-corrected chi connectivity index (χ1v) is 47.9. The van der Waals surface area contributed by atoms with Gasteiger partial charge in [0, 0.05) is 72.6 Å². The molecule has 0 saturated carbocycles. The number of hydrogen-bond acceptors (Lipinski definition) is 24. The monoisotopic (exact) mass is 1780 g/mol. The lowest BCUT2D eigenvalue weighted by Gasteiger charge is -2.25. The summed E-state index contributed by atoms with van der Waals surface area (Å²) in [7, 11) is 8.45. The summed E-state index contributed by atoms with van der Waals surface area (Å²) in [6.07, 6.45) is 18.5. The molecule has 24 heteroatoms. The van der Waals surface area contributed by atoms with Gasteiger partial charge in [0.2, 0.25) is 32.6 Å². The molecule has 0 atom stereocenters. The molecule has 0 unspecified atom stereocenters. The molecule has 6 aromatic carbocycles. The second kappa shape index (κ2) is 55.2. The molecule has 120 heavy (non-hydrogen) atoms. The second-order valence-electron chi connectivity index (χ2n) is 39.1. The summed E-state index contributed by atoms with van der Waals surface area (Å²) in [6.45, 7) is 76.0. The minimum Gasteiger partial charge on any atom is -0.383 e. The zero-order chi connectivity index (χ0) is 92.0. The van der Waals surface area contributed by atoms with Crippen molar-refractivity contribution in [2.45, 2.75) is 315 Å². The molecule has 0 radical (unpaired) electrons. The molecule has 0 aliphatic heterocycles. The highest BCUT2D eigenvalue weighted by molar-refractivity contribution is 7.72. The number of nitrogens with zero attached hydrogens (tertiary/aromatic N) is 6. The van der Waals surface area contributed by atoms with Crippen LogP contribution in [-0.4, -0.2) is 188 Å². The third-order valence-corrected chi connectivity index (χ3v) is 23.9. The Morgan fingerprint density at radius 1 is 0.225 bits per heavy atom. The molecule has 0 fully saturated rings. The van der Waals surface area contributed by atoms with Crippen LogP contribution in [-0.2, 0) is 32.5 Å². The lowest BCUT2D eigenvalue weighted by Crippen LogP contribution is -2.31. The van der Waals surface area contributed by atoms with Gasteiger partial charge in [-0.05, 0) is 255 Å². The fourth-order valence-electron chi connectivity index (χ4n) is 14.8. The Hall–Kier alpha value is -4.44. The zero-order valence-electron chi connectivity index (χ0n) is 81.0. The van der Waals surface area contributed by atoms with Gasteiger partial charge in [0.1, 0.15) is 27.1 Å². The van der Waals surface area contributed by atoms with E-state index in [1.807, 2.05) is 0 Å². The van der Waals surface area contributed by atoms with Gasteiger partial charge in [-0.25, -0.2) is 0 Å². The molecule has 18 nitrogen and oxygen atoms in total. The van der Waals surface area contributed by atoms with E-state index in [9.17, 15) is 28.8 Å². The fourth-order valence-corrected chi connectivity index (χ4v) is 16.4. The standard InChI is InChI=1S/C18H32N2OS.C17H30N2OS.2C16H28N2OS.C15H26N2OS.C14H24N2OS/c1-6-11-20(12-7-2)13-9-8-10-19-15-14(18(3,4)5)16(21)17(15)22;1-6-11-19(7-2)12-9-8-10-18-14-13(17(3,4)5)15(20)16(14)21;1-6-10-18(5)11-8-7-9-17-13-12(16(2,3)4)14(19)15(13)20;1-6-18(7-2)11-9-8-10-17-13-12(16(3,4)5)14(19)15(13)20;1-6-17(5)10-8-7-9-16-12-11(15(2,3)4)13(18)14(12)19;1-14(2,3)10-11(13(18)12(10)17)15-8-6-7-9-16(4)5/h19H,6-13H2,1-5H3;18H,6-12H2,1-5H3;2*17H,6-11H2,1-5H3;16H,6-10H2,1-5H3;15H,6-9H2,1-5H3. The molecule has 0 saturated heterocycles. The minimum atomic E-state index is -0.124. The quantitative estimate of drug-likeness (QED) is 0.0156. The van der Waals surface area contributed by atoms with Crippen molar-refractivity contribution in [1.82, 2.24) is 29.4 Å². The molecule has 684 valence electrons.